The summed E-state index contributed by atoms with van der Waals surface area (Å²) in [6.45, 7) is 8.64. The molecule has 20 heavy (non-hydrogen) atoms. The van der Waals surface area contributed by atoms with Gasteiger partial charge in [0.2, 0.25) is 0 Å². The smallest absolute Gasteiger partial charge is 0.293 e. The molecule has 3 heteroatoms. The molecule has 0 amide bonds. The van der Waals surface area contributed by atoms with Crippen LogP contribution in [0.3, 0.4) is 0 Å². The van der Waals surface area contributed by atoms with Crippen LogP contribution in [0.1, 0.15) is 61.0 Å². The molecule has 1 atom stereocenters. The minimum absolute atomic E-state index is 0.406. The Bertz CT molecular complexity index is 426. The molecule has 0 N–H and O–H groups in total. The molecule has 0 spiro atoms. The quantitative estimate of drug-likeness (QED) is 0.514. The number of hydrogen-bond acceptors (Lipinski definition) is 3. The fraction of sp³-hybridized carbons (Fsp3) is 0.588. The molecule has 0 saturated carbocycles. The molecule has 1 aromatic carbocycles. The van der Waals surface area contributed by atoms with Gasteiger partial charge in [-0.15, -0.1) is 0 Å². The van der Waals surface area contributed by atoms with E-state index in [4.69, 9.17) is 9.78 Å². The number of benzene rings is 1. The lowest BCUT2D eigenvalue weighted by atomic mass is 10.0. The van der Waals surface area contributed by atoms with Gasteiger partial charge in [0, 0.05) is 0 Å². The summed E-state index contributed by atoms with van der Waals surface area (Å²) >= 11 is 0. The SMILES string of the molecule is CCCCC(CC)COOC(=O)c1cc(C)ccc1C. The van der Waals surface area contributed by atoms with Gasteiger partial charge in [0.05, 0.1) is 12.2 Å². The molecule has 0 fully saturated rings. The van der Waals surface area contributed by atoms with Crippen LogP contribution in [0.15, 0.2) is 18.2 Å². The van der Waals surface area contributed by atoms with Gasteiger partial charge in [-0.1, -0.05) is 50.8 Å². The molecular weight excluding hydrogens is 252 g/mol. The van der Waals surface area contributed by atoms with Crippen molar-refractivity contribution in [2.24, 2.45) is 5.92 Å². The molecule has 1 rings (SSSR count). The molecule has 112 valence electrons. The van der Waals surface area contributed by atoms with Crippen molar-refractivity contribution >= 4 is 5.97 Å². The van der Waals surface area contributed by atoms with Gasteiger partial charge in [0.25, 0.3) is 0 Å². The lowest BCUT2D eigenvalue weighted by molar-refractivity contribution is -0.249. The summed E-state index contributed by atoms with van der Waals surface area (Å²) in [6.07, 6.45) is 4.53. The van der Waals surface area contributed by atoms with Crippen molar-refractivity contribution in [3.05, 3.63) is 34.9 Å². The van der Waals surface area contributed by atoms with Gasteiger partial charge in [-0.2, -0.15) is 4.89 Å². The van der Waals surface area contributed by atoms with Crippen LogP contribution in [-0.4, -0.2) is 12.6 Å². The third-order valence-electron chi connectivity index (χ3n) is 3.59. The fourth-order valence-corrected chi connectivity index (χ4v) is 2.08. The van der Waals surface area contributed by atoms with Gasteiger partial charge < -0.3 is 0 Å². The molecule has 1 aromatic rings. The van der Waals surface area contributed by atoms with E-state index in [1.807, 2.05) is 32.0 Å². The number of rotatable bonds is 8. The van der Waals surface area contributed by atoms with E-state index in [1.54, 1.807) is 0 Å². The lowest BCUT2D eigenvalue weighted by Crippen LogP contribution is -2.13. The number of hydrogen-bond donors (Lipinski definition) is 0. The summed E-state index contributed by atoms with van der Waals surface area (Å²) in [5.74, 6) is 0.0536. The van der Waals surface area contributed by atoms with Crippen molar-refractivity contribution in [2.75, 3.05) is 6.61 Å². The first kappa shape index (κ1) is 16.7. The highest BCUT2D eigenvalue weighted by molar-refractivity contribution is 5.90. The first-order valence-electron chi connectivity index (χ1n) is 7.49. The zero-order valence-electron chi connectivity index (χ0n) is 13.1. The monoisotopic (exact) mass is 278 g/mol. The summed E-state index contributed by atoms with van der Waals surface area (Å²) in [5.41, 5.74) is 2.52. The normalized spacial score (nSPS) is 12.2. The van der Waals surface area contributed by atoms with E-state index in [2.05, 4.69) is 13.8 Å². The van der Waals surface area contributed by atoms with Crippen molar-refractivity contribution in [2.45, 2.75) is 53.4 Å². The number of carbonyl (C=O) groups is 1. The predicted molar refractivity (Wildman–Crippen MR) is 80.6 cm³/mol. The van der Waals surface area contributed by atoms with Crippen LogP contribution in [0.5, 0.6) is 0 Å². The zero-order chi connectivity index (χ0) is 15.0. The summed E-state index contributed by atoms with van der Waals surface area (Å²) in [6, 6.07) is 5.72. The minimum Gasteiger partial charge on any atom is -0.293 e. The molecule has 0 aliphatic heterocycles. The number of carbonyl (C=O) groups excluding carboxylic acids is 1. The van der Waals surface area contributed by atoms with E-state index in [0.717, 1.165) is 24.0 Å². The van der Waals surface area contributed by atoms with E-state index in [-0.39, 0.29) is 0 Å². The summed E-state index contributed by atoms with van der Waals surface area (Å²) in [7, 11) is 0. The maximum absolute atomic E-state index is 12.0. The van der Waals surface area contributed by atoms with Crippen LogP contribution >= 0.6 is 0 Å². The Hall–Kier alpha value is -1.35. The van der Waals surface area contributed by atoms with E-state index in [1.165, 1.54) is 12.8 Å². The molecule has 0 bridgehead atoms. The van der Waals surface area contributed by atoms with Crippen LogP contribution in [0.25, 0.3) is 0 Å². The molecule has 1 unspecified atom stereocenters. The summed E-state index contributed by atoms with van der Waals surface area (Å²) < 4.78 is 0. The van der Waals surface area contributed by atoms with Crippen LogP contribution < -0.4 is 0 Å². The van der Waals surface area contributed by atoms with E-state index in [9.17, 15) is 4.79 Å². The van der Waals surface area contributed by atoms with Gasteiger partial charge in [-0.3, -0.25) is 4.89 Å². The third kappa shape index (κ3) is 5.33. The molecule has 3 nitrogen and oxygen atoms in total. The Balaban J connectivity index is 2.44. The average Bonchev–Trinajstić information content (AvgIpc) is 2.45. The van der Waals surface area contributed by atoms with Gasteiger partial charge >= 0.3 is 5.97 Å². The molecule has 0 radical (unpaired) electrons. The molecule has 0 aliphatic carbocycles. The topological polar surface area (TPSA) is 35.5 Å². The standard InChI is InChI=1S/C17H26O3/c1-5-7-8-15(6-2)12-19-20-17(18)16-11-13(3)9-10-14(16)4/h9-11,15H,5-8,12H2,1-4H3. The highest BCUT2D eigenvalue weighted by Crippen LogP contribution is 2.15. The highest BCUT2D eigenvalue weighted by Gasteiger charge is 2.13. The van der Waals surface area contributed by atoms with Crippen molar-refractivity contribution in [1.29, 1.82) is 0 Å². The molecule has 0 aliphatic rings. The van der Waals surface area contributed by atoms with Crippen LogP contribution in [-0.2, 0) is 9.78 Å². The number of aryl methyl sites for hydroxylation is 2. The highest BCUT2D eigenvalue weighted by atomic mass is 17.2. The molecule has 0 saturated heterocycles. The first-order valence-corrected chi connectivity index (χ1v) is 7.49. The Labute approximate surface area is 122 Å². The maximum atomic E-state index is 12.0. The Morgan fingerprint density at radius 3 is 2.65 bits per heavy atom. The second kappa shape index (κ2) is 8.75. The first-order chi connectivity index (χ1) is 9.58. The molecule has 0 aromatic heterocycles. The van der Waals surface area contributed by atoms with Crippen molar-refractivity contribution < 1.29 is 14.6 Å². The van der Waals surface area contributed by atoms with Gasteiger partial charge in [-0.25, -0.2) is 4.79 Å². The minimum atomic E-state index is -0.406. The summed E-state index contributed by atoms with van der Waals surface area (Å²) in [5, 5.41) is 0. The van der Waals surface area contributed by atoms with E-state index in [0.29, 0.717) is 18.1 Å². The van der Waals surface area contributed by atoms with Gasteiger partial charge in [-0.05, 0) is 37.8 Å². The molecule has 0 heterocycles. The van der Waals surface area contributed by atoms with Crippen LogP contribution in [0.2, 0.25) is 0 Å². The van der Waals surface area contributed by atoms with Crippen LogP contribution in [0.4, 0.5) is 0 Å². The fourth-order valence-electron chi connectivity index (χ4n) is 2.08. The average molecular weight is 278 g/mol. The van der Waals surface area contributed by atoms with Gasteiger partial charge in [0.15, 0.2) is 0 Å². The van der Waals surface area contributed by atoms with Crippen molar-refractivity contribution in [1.82, 2.24) is 0 Å². The maximum Gasteiger partial charge on any atom is 0.373 e. The Morgan fingerprint density at radius 1 is 1.25 bits per heavy atom. The second-order valence-electron chi connectivity index (χ2n) is 5.39. The van der Waals surface area contributed by atoms with Crippen molar-refractivity contribution in [3.8, 4) is 0 Å². The largest absolute Gasteiger partial charge is 0.373 e. The summed E-state index contributed by atoms with van der Waals surface area (Å²) in [4.78, 5) is 22.0. The van der Waals surface area contributed by atoms with Crippen LogP contribution in [0, 0.1) is 19.8 Å². The second-order valence-corrected chi connectivity index (χ2v) is 5.39. The number of unbranched alkanes of at least 4 members (excludes halogenated alkanes) is 1. The molecular formula is C17H26O3. The van der Waals surface area contributed by atoms with E-state index >= 15 is 0 Å². The predicted octanol–water partition coefficient (Wildman–Crippen LogP) is 4.61. The van der Waals surface area contributed by atoms with Gasteiger partial charge in [0.1, 0.15) is 0 Å². The lowest BCUT2D eigenvalue weighted by Gasteiger charge is -2.13. The van der Waals surface area contributed by atoms with Crippen molar-refractivity contribution in [3.63, 3.8) is 0 Å². The van der Waals surface area contributed by atoms with E-state index < -0.39 is 5.97 Å². The third-order valence-corrected chi connectivity index (χ3v) is 3.59. The Morgan fingerprint density at radius 2 is 2.00 bits per heavy atom. The zero-order valence-corrected chi connectivity index (χ0v) is 13.1. The Kier molecular flexibility index (Phi) is 7.31.